The van der Waals surface area contributed by atoms with E-state index in [1.165, 1.54) is 0 Å². The molecule has 4 heteroatoms. The average Bonchev–Trinajstić information content (AvgIpc) is 2.59. The molecule has 0 bridgehead atoms. The minimum Gasteiger partial charge on any atom is -0.497 e. The van der Waals surface area contributed by atoms with E-state index in [0.29, 0.717) is 23.5 Å². The molecular formula is C18H16N2O2. The van der Waals surface area contributed by atoms with Crippen molar-refractivity contribution in [3.05, 3.63) is 59.2 Å². The van der Waals surface area contributed by atoms with Crippen LogP contribution in [-0.2, 0) is 6.42 Å². The lowest BCUT2D eigenvalue weighted by molar-refractivity contribution is 0.390. The molecule has 2 aromatic carbocycles. The van der Waals surface area contributed by atoms with Gasteiger partial charge in [-0.2, -0.15) is 10.5 Å². The lowest BCUT2D eigenvalue weighted by Gasteiger charge is -2.14. The molecule has 0 aliphatic heterocycles. The molecule has 0 N–H and O–H groups in total. The molecule has 0 aromatic heterocycles. The van der Waals surface area contributed by atoms with Crippen LogP contribution in [0.2, 0.25) is 0 Å². The number of nitrogens with zero attached hydrogens (tertiary/aromatic N) is 2. The quantitative estimate of drug-likeness (QED) is 0.846. The predicted molar refractivity (Wildman–Crippen MR) is 82.8 cm³/mol. The molecule has 0 aliphatic rings. The van der Waals surface area contributed by atoms with E-state index in [1.54, 1.807) is 38.5 Å². The summed E-state index contributed by atoms with van der Waals surface area (Å²) in [6.07, 6.45) is 0.512. The Hall–Kier alpha value is -2.98. The van der Waals surface area contributed by atoms with Crippen LogP contribution in [0.5, 0.6) is 11.5 Å². The molecule has 0 aliphatic carbocycles. The van der Waals surface area contributed by atoms with Crippen molar-refractivity contribution in [2.24, 2.45) is 0 Å². The second kappa shape index (κ2) is 7.15. The molecule has 2 rings (SSSR count). The van der Waals surface area contributed by atoms with Crippen LogP contribution in [0.3, 0.4) is 0 Å². The first-order chi connectivity index (χ1) is 10.7. The van der Waals surface area contributed by atoms with E-state index in [9.17, 15) is 5.26 Å². The molecule has 0 radical (unpaired) electrons. The van der Waals surface area contributed by atoms with Crippen LogP contribution < -0.4 is 9.47 Å². The number of benzene rings is 2. The van der Waals surface area contributed by atoms with Gasteiger partial charge in [0.1, 0.15) is 11.5 Å². The summed E-state index contributed by atoms with van der Waals surface area (Å²) >= 11 is 0. The first kappa shape index (κ1) is 15.4. The fourth-order valence-electron chi connectivity index (χ4n) is 2.30. The lowest BCUT2D eigenvalue weighted by Crippen LogP contribution is -2.03. The van der Waals surface area contributed by atoms with Crippen LogP contribution in [0.4, 0.5) is 0 Å². The van der Waals surface area contributed by atoms with E-state index in [2.05, 4.69) is 12.1 Å². The summed E-state index contributed by atoms with van der Waals surface area (Å²) in [5, 5.41) is 18.4. The van der Waals surface area contributed by atoms with Crippen molar-refractivity contribution >= 4 is 0 Å². The molecular weight excluding hydrogens is 276 g/mol. The Morgan fingerprint density at radius 3 is 2.50 bits per heavy atom. The summed E-state index contributed by atoms with van der Waals surface area (Å²) in [6, 6.07) is 17.1. The van der Waals surface area contributed by atoms with Gasteiger partial charge in [0.25, 0.3) is 0 Å². The van der Waals surface area contributed by atoms with Gasteiger partial charge in [0.05, 0.1) is 37.8 Å². The first-order valence-corrected chi connectivity index (χ1v) is 6.82. The molecule has 2 aromatic rings. The highest BCUT2D eigenvalue weighted by Crippen LogP contribution is 2.29. The van der Waals surface area contributed by atoms with Crippen molar-refractivity contribution in [3.63, 3.8) is 0 Å². The summed E-state index contributed by atoms with van der Waals surface area (Å²) in [6.45, 7) is 0. The molecule has 0 saturated carbocycles. The van der Waals surface area contributed by atoms with E-state index in [1.807, 2.05) is 18.2 Å². The van der Waals surface area contributed by atoms with E-state index in [4.69, 9.17) is 14.7 Å². The molecule has 0 saturated heterocycles. The van der Waals surface area contributed by atoms with Crippen molar-refractivity contribution in [1.29, 1.82) is 10.5 Å². The maximum Gasteiger partial charge on any atom is 0.125 e. The Balaban J connectivity index is 2.31. The van der Waals surface area contributed by atoms with Crippen molar-refractivity contribution in [3.8, 4) is 23.6 Å². The smallest absolute Gasteiger partial charge is 0.125 e. The van der Waals surface area contributed by atoms with Gasteiger partial charge >= 0.3 is 0 Å². The van der Waals surface area contributed by atoms with Gasteiger partial charge in [-0.05, 0) is 35.7 Å². The highest BCUT2D eigenvalue weighted by molar-refractivity contribution is 5.43. The van der Waals surface area contributed by atoms with Crippen LogP contribution in [0.25, 0.3) is 0 Å². The van der Waals surface area contributed by atoms with Crippen molar-refractivity contribution < 1.29 is 9.47 Å². The van der Waals surface area contributed by atoms with Gasteiger partial charge in [0.2, 0.25) is 0 Å². The van der Waals surface area contributed by atoms with Gasteiger partial charge in [0.15, 0.2) is 0 Å². The molecule has 0 amide bonds. The fraction of sp³-hybridized carbons (Fsp3) is 0.222. The van der Waals surface area contributed by atoms with E-state index in [0.717, 1.165) is 11.1 Å². The van der Waals surface area contributed by atoms with Gasteiger partial charge < -0.3 is 9.47 Å². The monoisotopic (exact) mass is 292 g/mol. The predicted octanol–water partition coefficient (Wildman–Crippen LogP) is 3.43. The van der Waals surface area contributed by atoms with Gasteiger partial charge in [-0.15, -0.1) is 0 Å². The van der Waals surface area contributed by atoms with Crippen LogP contribution in [0.15, 0.2) is 42.5 Å². The van der Waals surface area contributed by atoms with Gasteiger partial charge in [-0.1, -0.05) is 18.2 Å². The average molecular weight is 292 g/mol. The largest absolute Gasteiger partial charge is 0.497 e. The van der Waals surface area contributed by atoms with Crippen molar-refractivity contribution in [1.82, 2.24) is 0 Å². The molecule has 1 atom stereocenters. The van der Waals surface area contributed by atoms with E-state index in [-0.39, 0.29) is 5.92 Å². The minimum absolute atomic E-state index is 0.337. The Morgan fingerprint density at radius 2 is 1.86 bits per heavy atom. The Kier molecular flexibility index (Phi) is 5.01. The summed E-state index contributed by atoms with van der Waals surface area (Å²) in [5.74, 6) is 1.06. The van der Waals surface area contributed by atoms with Crippen molar-refractivity contribution in [2.75, 3.05) is 14.2 Å². The molecule has 1 unspecified atom stereocenters. The third kappa shape index (κ3) is 3.37. The van der Waals surface area contributed by atoms with Gasteiger partial charge in [-0.3, -0.25) is 0 Å². The standard InChI is InChI=1S/C18H16N2O2/c1-21-17-7-6-15(18(10-17)22-2)9-16(12-20)14-5-3-4-13(8-14)11-19/h3-8,10,16H,9H2,1-2H3. The van der Waals surface area contributed by atoms with Crippen LogP contribution in [0, 0.1) is 22.7 Å². The van der Waals surface area contributed by atoms with Crippen LogP contribution in [-0.4, -0.2) is 14.2 Å². The number of ether oxygens (including phenoxy) is 2. The first-order valence-electron chi connectivity index (χ1n) is 6.82. The molecule has 22 heavy (non-hydrogen) atoms. The second-order valence-electron chi connectivity index (χ2n) is 4.80. The summed E-state index contributed by atoms with van der Waals surface area (Å²) in [5.41, 5.74) is 2.32. The van der Waals surface area contributed by atoms with Crippen molar-refractivity contribution in [2.45, 2.75) is 12.3 Å². The molecule has 0 spiro atoms. The molecule has 110 valence electrons. The molecule has 4 nitrogen and oxygen atoms in total. The zero-order valence-corrected chi connectivity index (χ0v) is 12.5. The SMILES string of the molecule is COc1ccc(CC(C#N)c2cccc(C#N)c2)c(OC)c1. The highest BCUT2D eigenvalue weighted by atomic mass is 16.5. The number of rotatable bonds is 5. The maximum atomic E-state index is 9.47. The Morgan fingerprint density at radius 1 is 1.05 bits per heavy atom. The zero-order chi connectivity index (χ0) is 15.9. The van der Waals surface area contributed by atoms with Crippen LogP contribution in [0.1, 0.15) is 22.6 Å². The van der Waals surface area contributed by atoms with Crippen LogP contribution >= 0.6 is 0 Å². The van der Waals surface area contributed by atoms with E-state index >= 15 is 0 Å². The lowest BCUT2D eigenvalue weighted by atomic mass is 9.92. The minimum atomic E-state index is -0.337. The topological polar surface area (TPSA) is 66.0 Å². The molecule has 0 fully saturated rings. The maximum absolute atomic E-state index is 9.47. The van der Waals surface area contributed by atoms with Gasteiger partial charge in [0, 0.05) is 6.07 Å². The van der Waals surface area contributed by atoms with E-state index < -0.39 is 0 Å². The number of hydrogen-bond donors (Lipinski definition) is 0. The number of nitriles is 2. The number of hydrogen-bond acceptors (Lipinski definition) is 4. The highest BCUT2D eigenvalue weighted by Gasteiger charge is 2.15. The summed E-state index contributed by atoms with van der Waals surface area (Å²) in [7, 11) is 3.19. The van der Waals surface area contributed by atoms with Gasteiger partial charge in [-0.25, -0.2) is 0 Å². The fourth-order valence-corrected chi connectivity index (χ4v) is 2.30. The third-order valence-electron chi connectivity index (χ3n) is 3.49. The summed E-state index contributed by atoms with van der Waals surface area (Å²) < 4.78 is 10.5. The normalized spacial score (nSPS) is 11.1. The molecule has 0 heterocycles. The Labute approximate surface area is 130 Å². The number of methoxy groups -OCH3 is 2. The summed E-state index contributed by atoms with van der Waals surface area (Å²) in [4.78, 5) is 0. The third-order valence-corrected chi connectivity index (χ3v) is 3.49. The Bertz CT molecular complexity index is 741. The zero-order valence-electron chi connectivity index (χ0n) is 12.5. The second-order valence-corrected chi connectivity index (χ2v) is 4.80.